The van der Waals surface area contributed by atoms with Gasteiger partial charge in [0.15, 0.2) is 0 Å². The van der Waals surface area contributed by atoms with Gasteiger partial charge in [-0.05, 0) is 52.9 Å². The van der Waals surface area contributed by atoms with Crippen LogP contribution in [0.4, 0.5) is 0 Å². The average molecular weight is 778 g/mol. The van der Waals surface area contributed by atoms with Crippen LogP contribution in [0, 0.1) is 11.3 Å². The summed E-state index contributed by atoms with van der Waals surface area (Å²) in [7, 11) is 0. The number of benzene rings is 4. The molecule has 4 N–H and O–H groups in total. The van der Waals surface area contributed by atoms with E-state index in [-0.39, 0.29) is 19.3 Å². The lowest BCUT2D eigenvalue weighted by atomic mass is 9.96. The van der Waals surface area contributed by atoms with Gasteiger partial charge in [0, 0.05) is 71.2 Å². The number of carboxylic acids is 1. The normalized spacial score (nSPS) is 14.9. The Labute approximate surface area is 328 Å². The van der Waals surface area contributed by atoms with E-state index in [0.717, 1.165) is 52.7 Å². The van der Waals surface area contributed by atoms with Crippen molar-refractivity contribution in [2.75, 3.05) is 19.7 Å². The van der Waals surface area contributed by atoms with Gasteiger partial charge in [0.25, 0.3) is 0 Å². The van der Waals surface area contributed by atoms with E-state index in [9.17, 15) is 25.4 Å². The van der Waals surface area contributed by atoms with Gasteiger partial charge in [0.05, 0.1) is 41.6 Å². The number of aliphatic hydroxyl groups excluding tert-OH is 2. The van der Waals surface area contributed by atoms with E-state index in [2.05, 4.69) is 45.5 Å². The summed E-state index contributed by atoms with van der Waals surface area (Å²) in [5.41, 5.74) is 8.16. The zero-order valence-electron chi connectivity index (χ0n) is 29.7. The molecular weight excluding hydrogens is 739 g/mol. The van der Waals surface area contributed by atoms with Crippen molar-refractivity contribution in [2.45, 2.75) is 44.8 Å². The van der Waals surface area contributed by atoms with Gasteiger partial charge in [0.2, 0.25) is 0 Å². The molecule has 1 fully saturated rings. The Hall–Kier alpha value is -5.32. The number of hydrogen-bond donors (Lipinski definition) is 4. The molecule has 55 heavy (non-hydrogen) atoms. The molecule has 2 aromatic heterocycles. The van der Waals surface area contributed by atoms with Crippen LogP contribution in [0.25, 0.3) is 33.2 Å². The third-order valence-electron chi connectivity index (χ3n) is 9.78. The molecule has 280 valence electrons. The largest absolute Gasteiger partial charge is 0.489 e. The second-order valence-electron chi connectivity index (χ2n) is 13.6. The van der Waals surface area contributed by atoms with E-state index in [0.29, 0.717) is 51.1 Å². The van der Waals surface area contributed by atoms with E-state index in [1.807, 2.05) is 47.3 Å². The van der Waals surface area contributed by atoms with Crippen LogP contribution in [0.1, 0.15) is 34.2 Å². The number of halogens is 2. The summed E-state index contributed by atoms with van der Waals surface area (Å²) in [6, 6.07) is 26.5. The smallest absolute Gasteiger partial charge is 0.323 e. The first kappa shape index (κ1) is 38.0. The summed E-state index contributed by atoms with van der Waals surface area (Å²) < 4.78 is 8.07. The summed E-state index contributed by atoms with van der Waals surface area (Å²) in [5.74, 6) is -0.741. The maximum absolute atomic E-state index is 11.6. The first-order valence-corrected chi connectivity index (χ1v) is 18.5. The fourth-order valence-electron chi connectivity index (χ4n) is 6.87. The number of aliphatic hydroxyl groups is 2. The highest BCUT2D eigenvalue weighted by Crippen LogP contribution is 2.40. The van der Waals surface area contributed by atoms with Crippen molar-refractivity contribution in [3.63, 3.8) is 0 Å². The number of carbonyl (C=O) groups is 1. The average Bonchev–Trinajstić information content (AvgIpc) is 3.81. The zero-order valence-corrected chi connectivity index (χ0v) is 31.2. The Bertz CT molecular complexity index is 2380. The van der Waals surface area contributed by atoms with E-state index >= 15 is 0 Å². The molecule has 0 amide bonds. The van der Waals surface area contributed by atoms with Crippen LogP contribution in [0.3, 0.4) is 0 Å². The van der Waals surface area contributed by atoms with Gasteiger partial charge < -0.3 is 20.1 Å². The number of pyridine rings is 1. The summed E-state index contributed by atoms with van der Waals surface area (Å²) in [6.07, 6.45) is 5.45. The number of nitrogens with zero attached hydrogens (tertiary/aromatic N) is 5. The molecule has 0 radical (unpaired) electrons. The van der Waals surface area contributed by atoms with Crippen molar-refractivity contribution in [3.05, 3.63) is 135 Å². The minimum Gasteiger partial charge on any atom is -0.489 e. The number of likely N-dealkylation sites (tertiary alicyclic amines) is 1. The van der Waals surface area contributed by atoms with Gasteiger partial charge in [-0.2, -0.15) is 10.4 Å². The molecule has 1 saturated heterocycles. The van der Waals surface area contributed by atoms with Crippen LogP contribution in [0.15, 0.2) is 97.5 Å². The predicted octanol–water partition coefficient (Wildman–Crippen LogP) is 6.67. The summed E-state index contributed by atoms with van der Waals surface area (Å²) in [5, 5.41) is 47.7. The molecule has 1 aliphatic rings. The van der Waals surface area contributed by atoms with Crippen molar-refractivity contribution < 1.29 is 24.9 Å². The maximum atomic E-state index is 11.6. The van der Waals surface area contributed by atoms with Gasteiger partial charge in [-0.3, -0.25) is 24.7 Å². The van der Waals surface area contributed by atoms with E-state index in [4.69, 9.17) is 33.0 Å². The first-order chi connectivity index (χ1) is 26.7. The second-order valence-corrected chi connectivity index (χ2v) is 14.4. The lowest BCUT2D eigenvalue weighted by Crippen LogP contribution is -2.39. The van der Waals surface area contributed by atoms with Gasteiger partial charge in [0.1, 0.15) is 24.5 Å². The summed E-state index contributed by atoms with van der Waals surface area (Å²) in [6.45, 7) is 2.26. The van der Waals surface area contributed by atoms with Crippen LogP contribution in [0.2, 0.25) is 10.0 Å². The summed E-state index contributed by atoms with van der Waals surface area (Å²) in [4.78, 5) is 17.9. The molecule has 2 atom stereocenters. The molecule has 0 saturated carbocycles. The molecule has 4 aromatic carbocycles. The number of aromatic nitrogens is 3. The molecule has 6 aromatic rings. The Morgan fingerprint density at radius 1 is 0.964 bits per heavy atom. The third-order valence-corrected chi connectivity index (χ3v) is 10.5. The van der Waals surface area contributed by atoms with Crippen LogP contribution in [-0.2, 0) is 31.0 Å². The fraction of sp³-hybridized carbons (Fsp3) is 0.238. The van der Waals surface area contributed by atoms with E-state index in [1.165, 1.54) is 11.8 Å². The minimum atomic E-state index is -1.19. The number of rotatable bonds is 14. The number of nitriles is 1. The van der Waals surface area contributed by atoms with Gasteiger partial charge in [-0.15, -0.1) is 0 Å². The molecule has 13 heteroatoms. The topological polar surface area (TPSA) is 157 Å². The van der Waals surface area contributed by atoms with Crippen molar-refractivity contribution in [2.24, 2.45) is 0 Å². The van der Waals surface area contributed by atoms with Crippen molar-refractivity contribution in [3.8, 4) is 34.1 Å². The van der Waals surface area contributed by atoms with Crippen molar-refractivity contribution in [1.82, 2.24) is 25.0 Å². The van der Waals surface area contributed by atoms with Crippen LogP contribution in [0.5, 0.6) is 5.75 Å². The monoisotopic (exact) mass is 776 g/mol. The Morgan fingerprint density at radius 2 is 1.75 bits per heavy atom. The van der Waals surface area contributed by atoms with Crippen molar-refractivity contribution >= 4 is 40.1 Å². The first-order valence-electron chi connectivity index (χ1n) is 17.8. The molecule has 7 rings (SSSR count). The van der Waals surface area contributed by atoms with Crippen LogP contribution >= 0.6 is 23.2 Å². The van der Waals surface area contributed by atoms with Crippen molar-refractivity contribution in [1.29, 1.82) is 5.26 Å². The second kappa shape index (κ2) is 17.0. The number of fused-ring (bicyclic) bond motifs is 1. The Balaban J connectivity index is 1.16. The maximum Gasteiger partial charge on any atom is 0.323 e. The van der Waals surface area contributed by atoms with Gasteiger partial charge >= 0.3 is 5.97 Å². The number of hydrogen-bond acceptors (Lipinski definition) is 9. The van der Waals surface area contributed by atoms with Crippen LogP contribution in [-0.4, -0.2) is 72.8 Å². The van der Waals surface area contributed by atoms with E-state index in [1.54, 1.807) is 24.4 Å². The van der Waals surface area contributed by atoms with Gasteiger partial charge in [-0.25, -0.2) is 0 Å². The Kier molecular flexibility index (Phi) is 11.7. The molecule has 0 spiro atoms. The molecule has 1 aliphatic heterocycles. The highest BCUT2D eigenvalue weighted by molar-refractivity contribution is 6.36. The van der Waals surface area contributed by atoms with Crippen LogP contribution < -0.4 is 10.1 Å². The highest BCUT2D eigenvalue weighted by atomic mass is 35.5. The Morgan fingerprint density at radius 3 is 2.49 bits per heavy atom. The quantitative estimate of drug-likeness (QED) is 0.0942. The van der Waals surface area contributed by atoms with Gasteiger partial charge in [-0.1, -0.05) is 77.8 Å². The number of β-amino-alcohol motifs (C(OH)–C–C–N with tert-alkyl or cyclic N) is 1. The fourth-order valence-corrected chi connectivity index (χ4v) is 7.46. The zero-order chi connectivity index (χ0) is 38.5. The molecule has 0 unspecified atom stereocenters. The predicted molar refractivity (Wildman–Crippen MR) is 211 cm³/mol. The molecular formula is C42H38Cl2N6O5. The molecule has 11 nitrogen and oxygen atoms in total. The summed E-state index contributed by atoms with van der Waals surface area (Å²) >= 11 is 14.0. The lowest BCUT2D eigenvalue weighted by Gasteiger charge is -2.18. The SMILES string of the molecule is N#Cc1cncc(COc2cc(Cn3ncc4c(-c5cccc(-c6ccc(CN7CC[C@@H](O)C7)cc6)c5Cl)cccc43)c(Cl)cc2CN[C@@H](CO)C(=O)O)c1. The lowest BCUT2D eigenvalue weighted by molar-refractivity contribution is -0.140. The third kappa shape index (κ3) is 8.66. The van der Waals surface area contributed by atoms with E-state index < -0.39 is 18.6 Å². The molecule has 0 bridgehead atoms. The number of carboxylic acid groups (broad SMARTS) is 1. The number of aliphatic carboxylic acids is 1. The standard InChI is InChI=1S/C42H38Cl2N6O5/c43-37-14-30(19-47-38(24-51)42(53)54)40(55-25-28-13-27(16-45)17-46-18-28)15-31(37)22-50-39-6-2-4-34(36(39)20-48-50)35-5-1-3-33(41(35)44)29-9-7-26(8-10-29)21-49-12-11-32(52)23-49/h1-10,13-15,17-18,20,32,38,47,51-52H,11-12,19,21-25H2,(H,53,54)/t32-,38+/m1/s1. The highest BCUT2D eigenvalue weighted by Gasteiger charge is 2.21. The minimum absolute atomic E-state index is 0.0605. The number of ether oxygens (including phenoxy) is 1. The molecule has 0 aliphatic carbocycles. The molecule has 3 heterocycles. The number of nitrogens with one attached hydrogen (secondary N) is 1.